The van der Waals surface area contributed by atoms with Crippen LogP contribution in [0.3, 0.4) is 0 Å². The highest BCUT2D eigenvalue weighted by molar-refractivity contribution is 14.1. The van der Waals surface area contributed by atoms with Crippen molar-refractivity contribution in [3.63, 3.8) is 0 Å². The van der Waals surface area contributed by atoms with E-state index in [9.17, 15) is 0 Å². The molecule has 1 N–H and O–H groups in total. The summed E-state index contributed by atoms with van der Waals surface area (Å²) in [5, 5.41) is 3.54. The Labute approximate surface area is 151 Å². The van der Waals surface area contributed by atoms with Gasteiger partial charge in [-0.15, -0.1) is 0 Å². The summed E-state index contributed by atoms with van der Waals surface area (Å²) in [5.41, 5.74) is 5.47. The predicted octanol–water partition coefficient (Wildman–Crippen LogP) is 4.92. The van der Waals surface area contributed by atoms with Crippen LogP contribution in [0.5, 0.6) is 0 Å². The molecule has 0 aliphatic rings. The fourth-order valence-electron chi connectivity index (χ4n) is 2.58. The zero-order valence-corrected chi connectivity index (χ0v) is 16.0. The Kier molecular flexibility index (Phi) is 4.48. The van der Waals surface area contributed by atoms with Crippen molar-refractivity contribution in [2.24, 2.45) is 0 Å². The second-order valence-corrected chi connectivity index (χ2v) is 7.51. The molecular formula is C18H21IN4. The Balaban J connectivity index is 2.14. The van der Waals surface area contributed by atoms with Crippen LogP contribution in [0.25, 0.3) is 16.9 Å². The molecule has 120 valence electrons. The smallest absolute Gasteiger partial charge is 0.139 e. The van der Waals surface area contributed by atoms with Gasteiger partial charge >= 0.3 is 0 Å². The lowest BCUT2D eigenvalue weighted by Crippen LogP contribution is -2.12. The summed E-state index contributed by atoms with van der Waals surface area (Å²) in [7, 11) is 2.04. The summed E-state index contributed by atoms with van der Waals surface area (Å²) in [4.78, 5) is 4.86. The molecule has 0 aliphatic heterocycles. The normalized spacial score (nSPS) is 11.2. The fraction of sp³-hybridized carbons (Fsp3) is 0.278. The van der Waals surface area contributed by atoms with E-state index in [0.717, 1.165) is 22.7 Å². The molecule has 0 saturated carbocycles. The summed E-state index contributed by atoms with van der Waals surface area (Å²) in [6, 6.07) is 13.1. The molecule has 0 spiro atoms. The number of rotatable bonds is 4. The van der Waals surface area contributed by atoms with Crippen LogP contribution < -0.4 is 8.43 Å². The number of anilines is 2. The third kappa shape index (κ3) is 3.29. The lowest BCUT2D eigenvalue weighted by Gasteiger charge is -2.13. The van der Waals surface area contributed by atoms with Gasteiger partial charge in [-0.1, -0.05) is 12.1 Å². The third-order valence-corrected chi connectivity index (χ3v) is 4.26. The molecule has 3 rings (SSSR count). The van der Waals surface area contributed by atoms with E-state index in [2.05, 4.69) is 99.1 Å². The summed E-state index contributed by atoms with van der Waals surface area (Å²) < 4.78 is 4.20. The maximum Gasteiger partial charge on any atom is 0.139 e. The van der Waals surface area contributed by atoms with Gasteiger partial charge in [0, 0.05) is 30.5 Å². The minimum absolute atomic E-state index is 0.342. The lowest BCUT2D eigenvalue weighted by atomic mass is 10.1. The first kappa shape index (κ1) is 16.1. The zero-order valence-electron chi connectivity index (χ0n) is 13.8. The number of nitrogens with zero attached hydrogens (tertiary/aromatic N) is 3. The Hall–Kier alpha value is -1.76. The fourth-order valence-corrected chi connectivity index (χ4v) is 2.91. The van der Waals surface area contributed by atoms with E-state index in [1.54, 1.807) is 0 Å². The molecule has 0 radical (unpaired) electrons. The molecule has 0 fully saturated rings. The SMILES string of the molecule is Cc1ccn2c(NC(C)C)c(-c3ccc(N(C)I)cc3)nc2c1. The molecule has 2 heterocycles. The Bertz CT molecular complexity index is 819. The number of benzene rings is 1. The Morgan fingerprint density at radius 2 is 1.87 bits per heavy atom. The molecule has 0 bridgehead atoms. The topological polar surface area (TPSA) is 32.6 Å². The van der Waals surface area contributed by atoms with Crippen LogP contribution in [0.4, 0.5) is 11.5 Å². The number of aromatic nitrogens is 2. The number of aryl methyl sites for hydroxylation is 1. The summed E-state index contributed by atoms with van der Waals surface area (Å²) in [6.07, 6.45) is 2.08. The van der Waals surface area contributed by atoms with Crippen molar-refractivity contribution >= 4 is 40.0 Å². The zero-order chi connectivity index (χ0) is 16.6. The minimum Gasteiger partial charge on any atom is -0.367 e. The largest absolute Gasteiger partial charge is 0.367 e. The monoisotopic (exact) mass is 420 g/mol. The first-order valence-corrected chi connectivity index (χ1v) is 8.67. The lowest BCUT2D eigenvalue weighted by molar-refractivity contribution is 0.885. The molecule has 0 amide bonds. The van der Waals surface area contributed by atoms with Gasteiger partial charge in [0.1, 0.15) is 17.2 Å². The average Bonchev–Trinajstić information content (AvgIpc) is 2.84. The van der Waals surface area contributed by atoms with Crippen LogP contribution in [0, 0.1) is 6.92 Å². The van der Waals surface area contributed by atoms with E-state index in [0.29, 0.717) is 6.04 Å². The molecule has 0 aliphatic carbocycles. The number of pyridine rings is 1. The predicted molar refractivity (Wildman–Crippen MR) is 107 cm³/mol. The van der Waals surface area contributed by atoms with Crippen molar-refractivity contribution in [2.75, 3.05) is 15.5 Å². The van der Waals surface area contributed by atoms with Crippen LogP contribution in [-0.2, 0) is 0 Å². The van der Waals surface area contributed by atoms with Crippen LogP contribution in [0.15, 0.2) is 42.6 Å². The Morgan fingerprint density at radius 1 is 1.17 bits per heavy atom. The minimum atomic E-state index is 0.342. The first-order chi connectivity index (χ1) is 11.0. The van der Waals surface area contributed by atoms with Crippen molar-refractivity contribution in [1.29, 1.82) is 0 Å². The summed E-state index contributed by atoms with van der Waals surface area (Å²) >= 11 is 2.27. The third-order valence-electron chi connectivity index (χ3n) is 3.70. The second kappa shape index (κ2) is 6.39. The number of fused-ring (bicyclic) bond motifs is 1. The standard InChI is InChI=1S/C18H21IN4/c1-12(2)20-18-17(14-5-7-15(8-6-14)22(4)19)21-16-11-13(3)9-10-23(16)18/h5-12,20H,1-4H3. The van der Waals surface area contributed by atoms with Crippen LogP contribution in [-0.4, -0.2) is 22.5 Å². The van der Waals surface area contributed by atoms with E-state index in [1.165, 1.54) is 11.3 Å². The van der Waals surface area contributed by atoms with Gasteiger partial charge in [0.05, 0.1) is 22.9 Å². The maximum atomic E-state index is 4.86. The average molecular weight is 420 g/mol. The van der Waals surface area contributed by atoms with Crippen LogP contribution in [0.1, 0.15) is 19.4 Å². The van der Waals surface area contributed by atoms with Crippen molar-refractivity contribution in [2.45, 2.75) is 26.8 Å². The number of hydrogen-bond donors (Lipinski definition) is 1. The number of imidazole rings is 1. The van der Waals surface area contributed by atoms with E-state index in [-0.39, 0.29) is 0 Å². The molecule has 0 atom stereocenters. The van der Waals surface area contributed by atoms with Gasteiger partial charge in [0.25, 0.3) is 0 Å². The van der Waals surface area contributed by atoms with E-state index >= 15 is 0 Å². The number of halogens is 1. The molecule has 1 aromatic carbocycles. The number of nitrogens with one attached hydrogen (secondary N) is 1. The van der Waals surface area contributed by atoms with Crippen LogP contribution in [0.2, 0.25) is 0 Å². The van der Waals surface area contributed by atoms with Gasteiger partial charge in [-0.25, -0.2) is 4.98 Å². The second-order valence-electron chi connectivity index (χ2n) is 6.06. The molecule has 0 saturated heterocycles. The van der Waals surface area contributed by atoms with Crippen molar-refractivity contribution in [3.05, 3.63) is 48.2 Å². The number of hydrogen-bond acceptors (Lipinski definition) is 3. The van der Waals surface area contributed by atoms with Gasteiger partial charge < -0.3 is 8.43 Å². The molecule has 2 aromatic heterocycles. The highest BCUT2D eigenvalue weighted by Crippen LogP contribution is 2.31. The molecule has 3 aromatic rings. The molecule has 23 heavy (non-hydrogen) atoms. The van der Waals surface area contributed by atoms with Crippen molar-refractivity contribution < 1.29 is 0 Å². The van der Waals surface area contributed by atoms with Crippen molar-refractivity contribution in [1.82, 2.24) is 9.38 Å². The van der Waals surface area contributed by atoms with E-state index in [1.807, 2.05) is 7.05 Å². The maximum absolute atomic E-state index is 4.86. The molecule has 4 nitrogen and oxygen atoms in total. The van der Waals surface area contributed by atoms with Crippen molar-refractivity contribution in [3.8, 4) is 11.3 Å². The molecule has 5 heteroatoms. The Morgan fingerprint density at radius 3 is 2.48 bits per heavy atom. The highest BCUT2D eigenvalue weighted by atomic mass is 127. The quantitative estimate of drug-likeness (QED) is 0.481. The van der Waals surface area contributed by atoms with E-state index < -0.39 is 0 Å². The summed E-state index contributed by atoms with van der Waals surface area (Å²) in [5.74, 6) is 1.05. The van der Waals surface area contributed by atoms with Gasteiger partial charge in [-0.2, -0.15) is 0 Å². The van der Waals surface area contributed by atoms with Gasteiger partial charge in [0.2, 0.25) is 0 Å². The van der Waals surface area contributed by atoms with Gasteiger partial charge in [-0.3, -0.25) is 4.40 Å². The van der Waals surface area contributed by atoms with Gasteiger partial charge in [0.15, 0.2) is 0 Å². The first-order valence-electron chi connectivity index (χ1n) is 7.71. The van der Waals surface area contributed by atoms with Crippen LogP contribution >= 0.6 is 22.9 Å². The van der Waals surface area contributed by atoms with Gasteiger partial charge in [-0.05, 0) is 50.6 Å². The molecular weight excluding hydrogens is 399 g/mol. The highest BCUT2D eigenvalue weighted by Gasteiger charge is 2.15. The molecule has 0 unspecified atom stereocenters. The summed E-state index contributed by atoms with van der Waals surface area (Å²) in [6.45, 7) is 6.38. The van der Waals surface area contributed by atoms with E-state index in [4.69, 9.17) is 4.98 Å².